The Kier molecular flexibility index (Phi) is 10.0. The van der Waals surface area contributed by atoms with Gasteiger partial charge < -0.3 is 10.6 Å². The van der Waals surface area contributed by atoms with Crippen LogP contribution in [0.2, 0.25) is 5.02 Å². The molecule has 5 nitrogen and oxygen atoms in total. The highest BCUT2D eigenvalue weighted by atomic mass is 127. The van der Waals surface area contributed by atoms with Crippen molar-refractivity contribution in [2.45, 2.75) is 40.8 Å². The second-order valence-electron chi connectivity index (χ2n) is 6.38. The van der Waals surface area contributed by atoms with Gasteiger partial charge in [-0.05, 0) is 44.4 Å². The molecule has 0 amide bonds. The number of rotatable bonds is 7. The van der Waals surface area contributed by atoms with Crippen LogP contribution in [0.1, 0.15) is 30.8 Å². The van der Waals surface area contributed by atoms with Crippen LogP contribution in [0.25, 0.3) is 0 Å². The number of benzene rings is 1. The summed E-state index contributed by atoms with van der Waals surface area (Å²) in [5.41, 5.74) is 3.29. The van der Waals surface area contributed by atoms with Gasteiger partial charge in [0.15, 0.2) is 5.96 Å². The predicted octanol–water partition coefficient (Wildman–Crippen LogP) is 4.16. The van der Waals surface area contributed by atoms with Crippen molar-refractivity contribution in [2.24, 2.45) is 10.9 Å². The Bertz CT molecular complexity index is 714. The molecule has 1 heterocycles. The van der Waals surface area contributed by atoms with E-state index in [1.165, 1.54) is 5.69 Å². The maximum absolute atomic E-state index is 6.20. The summed E-state index contributed by atoms with van der Waals surface area (Å²) in [7, 11) is 0. The summed E-state index contributed by atoms with van der Waals surface area (Å²) in [5, 5.41) is 12.0. The molecule has 1 unspecified atom stereocenters. The summed E-state index contributed by atoms with van der Waals surface area (Å²) in [6.45, 7) is 11.5. The predicted molar refractivity (Wildman–Crippen MR) is 121 cm³/mol. The highest BCUT2D eigenvalue weighted by molar-refractivity contribution is 14.0. The Hall–Kier alpha value is -1.28. The SMILES string of the molecule is CCNC(=NCc1ccccc1Cl)NCC(C)Cn1nc(C)cc1C.I. The van der Waals surface area contributed by atoms with Gasteiger partial charge in [0, 0.05) is 30.4 Å². The number of halogens is 2. The summed E-state index contributed by atoms with van der Waals surface area (Å²) in [6.07, 6.45) is 0. The van der Waals surface area contributed by atoms with E-state index in [-0.39, 0.29) is 24.0 Å². The van der Waals surface area contributed by atoms with Crippen LogP contribution in [0, 0.1) is 19.8 Å². The molecular weight excluding hydrogens is 461 g/mol. The molecule has 7 heteroatoms. The van der Waals surface area contributed by atoms with E-state index in [0.717, 1.165) is 41.9 Å². The number of aromatic nitrogens is 2. The molecule has 0 spiro atoms. The molecule has 1 atom stereocenters. The molecule has 26 heavy (non-hydrogen) atoms. The number of nitrogens with zero attached hydrogens (tertiary/aromatic N) is 3. The van der Waals surface area contributed by atoms with E-state index in [0.29, 0.717) is 12.5 Å². The Morgan fingerprint density at radius 3 is 2.62 bits per heavy atom. The van der Waals surface area contributed by atoms with Crippen molar-refractivity contribution in [3.8, 4) is 0 Å². The third kappa shape index (κ3) is 7.15. The second-order valence-corrected chi connectivity index (χ2v) is 6.79. The number of hydrogen-bond donors (Lipinski definition) is 2. The van der Waals surface area contributed by atoms with E-state index in [2.05, 4.69) is 52.2 Å². The summed E-state index contributed by atoms with van der Waals surface area (Å²) >= 11 is 6.20. The van der Waals surface area contributed by atoms with E-state index in [1.54, 1.807) is 0 Å². The molecule has 0 fully saturated rings. The molecule has 0 saturated heterocycles. The minimum absolute atomic E-state index is 0. The lowest BCUT2D eigenvalue weighted by molar-refractivity contribution is 0.436. The highest BCUT2D eigenvalue weighted by Gasteiger charge is 2.08. The first-order valence-corrected chi connectivity index (χ1v) is 9.14. The lowest BCUT2D eigenvalue weighted by atomic mass is 10.2. The van der Waals surface area contributed by atoms with Gasteiger partial charge in [-0.2, -0.15) is 5.10 Å². The van der Waals surface area contributed by atoms with Crippen molar-refractivity contribution in [2.75, 3.05) is 13.1 Å². The summed E-state index contributed by atoms with van der Waals surface area (Å²) in [4.78, 5) is 4.63. The Labute approximate surface area is 178 Å². The lowest BCUT2D eigenvalue weighted by Crippen LogP contribution is -2.40. The largest absolute Gasteiger partial charge is 0.357 e. The van der Waals surface area contributed by atoms with Gasteiger partial charge >= 0.3 is 0 Å². The monoisotopic (exact) mass is 489 g/mol. The molecule has 0 radical (unpaired) electrons. The van der Waals surface area contributed by atoms with Crippen molar-refractivity contribution in [1.29, 1.82) is 0 Å². The smallest absolute Gasteiger partial charge is 0.191 e. The zero-order chi connectivity index (χ0) is 18.2. The van der Waals surface area contributed by atoms with Gasteiger partial charge in [0.05, 0.1) is 12.2 Å². The third-order valence-corrected chi connectivity index (χ3v) is 4.28. The molecule has 0 aliphatic carbocycles. The van der Waals surface area contributed by atoms with Crippen LogP contribution in [0.15, 0.2) is 35.3 Å². The molecular formula is C19H29ClIN5. The van der Waals surface area contributed by atoms with Gasteiger partial charge in [-0.1, -0.05) is 36.7 Å². The first-order valence-electron chi connectivity index (χ1n) is 8.76. The van der Waals surface area contributed by atoms with E-state index >= 15 is 0 Å². The average molecular weight is 490 g/mol. The first-order chi connectivity index (χ1) is 12.0. The Morgan fingerprint density at radius 2 is 2.00 bits per heavy atom. The maximum Gasteiger partial charge on any atom is 0.191 e. The van der Waals surface area contributed by atoms with Gasteiger partial charge in [-0.3, -0.25) is 4.68 Å². The first kappa shape index (κ1) is 22.8. The van der Waals surface area contributed by atoms with Crippen molar-refractivity contribution < 1.29 is 0 Å². The molecule has 2 aromatic rings. The molecule has 0 aliphatic heterocycles. The van der Waals surface area contributed by atoms with E-state index < -0.39 is 0 Å². The van der Waals surface area contributed by atoms with Crippen molar-refractivity contribution in [3.63, 3.8) is 0 Å². The van der Waals surface area contributed by atoms with Crippen LogP contribution >= 0.6 is 35.6 Å². The lowest BCUT2D eigenvalue weighted by Gasteiger charge is -2.17. The summed E-state index contributed by atoms with van der Waals surface area (Å²) in [5.74, 6) is 1.24. The quantitative estimate of drug-likeness (QED) is 0.349. The van der Waals surface area contributed by atoms with Crippen LogP contribution in [0.4, 0.5) is 0 Å². The number of hydrogen-bond acceptors (Lipinski definition) is 2. The zero-order valence-corrected chi connectivity index (χ0v) is 19.0. The van der Waals surface area contributed by atoms with Crippen LogP contribution in [-0.2, 0) is 13.1 Å². The maximum atomic E-state index is 6.20. The number of aliphatic imine (C=N–C) groups is 1. The minimum Gasteiger partial charge on any atom is -0.357 e. The molecule has 144 valence electrons. The normalized spacial score (nSPS) is 12.4. The Morgan fingerprint density at radius 1 is 1.27 bits per heavy atom. The van der Waals surface area contributed by atoms with E-state index in [4.69, 9.17) is 11.6 Å². The molecule has 2 rings (SSSR count). The number of nitrogens with one attached hydrogen (secondary N) is 2. The van der Waals surface area contributed by atoms with Crippen LogP contribution < -0.4 is 10.6 Å². The van der Waals surface area contributed by atoms with Gasteiger partial charge in [0.2, 0.25) is 0 Å². The topological polar surface area (TPSA) is 54.2 Å². The van der Waals surface area contributed by atoms with Gasteiger partial charge in [0.25, 0.3) is 0 Å². The van der Waals surface area contributed by atoms with Gasteiger partial charge in [0.1, 0.15) is 0 Å². The fourth-order valence-electron chi connectivity index (χ4n) is 2.62. The molecule has 0 bridgehead atoms. The average Bonchev–Trinajstić information content (AvgIpc) is 2.88. The van der Waals surface area contributed by atoms with Crippen molar-refractivity contribution >= 4 is 41.5 Å². The van der Waals surface area contributed by atoms with E-state index in [9.17, 15) is 0 Å². The highest BCUT2D eigenvalue weighted by Crippen LogP contribution is 2.15. The molecule has 1 aromatic heterocycles. The second kappa shape index (κ2) is 11.4. The fraction of sp³-hybridized carbons (Fsp3) is 0.474. The fourth-order valence-corrected chi connectivity index (χ4v) is 2.82. The molecule has 2 N–H and O–H groups in total. The summed E-state index contributed by atoms with van der Waals surface area (Å²) < 4.78 is 2.06. The van der Waals surface area contributed by atoms with Crippen molar-refractivity contribution in [1.82, 2.24) is 20.4 Å². The van der Waals surface area contributed by atoms with Crippen molar-refractivity contribution in [3.05, 3.63) is 52.3 Å². The van der Waals surface area contributed by atoms with Crippen LogP contribution in [-0.4, -0.2) is 28.8 Å². The molecule has 0 saturated carbocycles. The Balaban J connectivity index is 0.00000338. The zero-order valence-electron chi connectivity index (χ0n) is 15.9. The molecule has 1 aromatic carbocycles. The standard InChI is InChI=1S/C19H28ClN5.HI/c1-5-21-19(23-12-17-8-6-7-9-18(17)20)22-11-14(2)13-25-16(4)10-15(3)24-25;/h6-10,14H,5,11-13H2,1-4H3,(H2,21,22,23);1H. The van der Waals surface area contributed by atoms with Crippen LogP contribution in [0.3, 0.4) is 0 Å². The summed E-state index contributed by atoms with van der Waals surface area (Å²) in [6, 6.07) is 9.91. The molecule has 0 aliphatic rings. The van der Waals surface area contributed by atoms with E-state index in [1.807, 2.05) is 31.2 Å². The van der Waals surface area contributed by atoms with Gasteiger partial charge in [-0.15, -0.1) is 24.0 Å². The third-order valence-electron chi connectivity index (χ3n) is 3.92. The van der Waals surface area contributed by atoms with Gasteiger partial charge in [-0.25, -0.2) is 4.99 Å². The number of guanidine groups is 1. The minimum atomic E-state index is 0. The number of aryl methyl sites for hydroxylation is 2. The van der Waals surface area contributed by atoms with Crippen LogP contribution in [0.5, 0.6) is 0 Å².